The van der Waals surface area contributed by atoms with Gasteiger partial charge in [0.2, 0.25) is 23.6 Å². The maximum atomic E-state index is 12.2. The van der Waals surface area contributed by atoms with Crippen molar-refractivity contribution >= 4 is 23.6 Å². The first kappa shape index (κ1) is 51.7. The highest BCUT2D eigenvalue weighted by Gasteiger charge is 2.44. The molecule has 1 heterocycles. The number of carbonyl (C=O) groups excluding carboxylic acids is 4. The van der Waals surface area contributed by atoms with Crippen molar-refractivity contribution in [2.24, 2.45) is 0 Å². The molecule has 4 amide bonds. The third-order valence-corrected chi connectivity index (χ3v) is 10.7. The van der Waals surface area contributed by atoms with E-state index in [-0.39, 0.29) is 35.7 Å². The third kappa shape index (κ3) is 25.6. The number of ether oxygens (including phenoxy) is 1. The van der Waals surface area contributed by atoms with Gasteiger partial charge < -0.3 is 35.4 Å². The lowest BCUT2D eigenvalue weighted by Crippen LogP contribution is -2.40. The van der Waals surface area contributed by atoms with Crippen molar-refractivity contribution < 1.29 is 34.1 Å². The Balaban J connectivity index is 2.36. The topological polar surface area (TPSA) is 149 Å². The summed E-state index contributed by atoms with van der Waals surface area (Å²) in [4.78, 5) is 51.8. The highest BCUT2D eigenvalue weighted by atomic mass is 16.5. The SMILES string of the molecule is C=CC/C=C/N(C)C(=O)CCCCCCCCCCC(CC1OC(CC(CCCCCCCCCCC(=O)N(C)/C=C/CC=C)NC(C)=O)C(O)C1O)NC(C)=O. The molecule has 1 fully saturated rings. The number of aliphatic hydroxyl groups excluding tert-OH is 2. The molecule has 0 aromatic rings. The van der Waals surface area contributed by atoms with Crippen LogP contribution in [0.25, 0.3) is 0 Å². The van der Waals surface area contributed by atoms with E-state index in [1.54, 1.807) is 36.0 Å². The zero-order chi connectivity index (χ0) is 42.3. The molecule has 6 atom stereocenters. The van der Waals surface area contributed by atoms with Crippen LogP contribution in [-0.2, 0) is 23.9 Å². The van der Waals surface area contributed by atoms with Crippen molar-refractivity contribution in [3.05, 3.63) is 49.9 Å². The van der Waals surface area contributed by atoms with E-state index in [0.29, 0.717) is 25.7 Å². The van der Waals surface area contributed by atoms with E-state index in [9.17, 15) is 29.4 Å². The first-order valence-electron chi connectivity index (χ1n) is 22.0. The van der Waals surface area contributed by atoms with Gasteiger partial charge in [0.05, 0.1) is 12.2 Å². The fraction of sp³-hybridized carbons (Fsp3) is 0.739. The summed E-state index contributed by atoms with van der Waals surface area (Å²) in [5.74, 6) is 0.0195. The van der Waals surface area contributed by atoms with E-state index in [1.165, 1.54) is 13.8 Å². The van der Waals surface area contributed by atoms with Crippen molar-refractivity contribution in [3.8, 4) is 0 Å². The molecule has 1 saturated heterocycles. The van der Waals surface area contributed by atoms with Crippen molar-refractivity contribution in [3.63, 3.8) is 0 Å². The molecule has 57 heavy (non-hydrogen) atoms. The Morgan fingerprint density at radius 3 is 1.21 bits per heavy atom. The fourth-order valence-corrected chi connectivity index (χ4v) is 7.45. The van der Waals surface area contributed by atoms with Crippen molar-refractivity contribution in [1.82, 2.24) is 20.4 Å². The largest absolute Gasteiger partial charge is 0.388 e. The van der Waals surface area contributed by atoms with E-state index in [0.717, 1.165) is 128 Å². The molecule has 4 N–H and O–H groups in total. The second kappa shape index (κ2) is 32.7. The van der Waals surface area contributed by atoms with Crippen molar-refractivity contribution in [2.75, 3.05) is 14.1 Å². The van der Waals surface area contributed by atoms with Crippen LogP contribution < -0.4 is 10.6 Å². The molecular weight excluding hydrogens is 721 g/mol. The number of hydrogen-bond donors (Lipinski definition) is 4. The van der Waals surface area contributed by atoms with Gasteiger partial charge in [0, 0.05) is 65.3 Å². The number of allylic oxidation sites excluding steroid dienone is 4. The minimum Gasteiger partial charge on any atom is -0.388 e. The molecule has 1 rings (SSSR count). The van der Waals surface area contributed by atoms with Gasteiger partial charge in [-0.05, 0) is 51.4 Å². The molecule has 0 aromatic carbocycles. The second-order valence-electron chi connectivity index (χ2n) is 16.0. The Hall–Kier alpha value is -3.28. The molecule has 0 aliphatic carbocycles. The van der Waals surface area contributed by atoms with Crippen LogP contribution in [0.3, 0.4) is 0 Å². The van der Waals surface area contributed by atoms with Crippen LogP contribution in [0.4, 0.5) is 0 Å². The number of nitrogens with zero attached hydrogens (tertiary/aromatic N) is 2. The Morgan fingerprint density at radius 2 is 0.895 bits per heavy atom. The summed E-state index contributed by atoms with van der Waals surface area (Å²) in [7, 11) is 3.59. The molecule has 326 valence electrons. The molecule has 11 nitrogen and oxygen atoms in total. The van der Waals surface area contributed by atoms with Crippen LogP contribution in [0, 0.1) is 0 Å². The molecule has 0 radical (unpaired) electrons. The Kier molecular flexibility index (Phi) is 29.6. The number of hydrogen-bond acceptors (Lipinski definition) is 7. The van der Waals surface area contributed by atoms with Crippen LogP contribution in [0.15, 0.2) is 49.9 Å². The average molecular weight is 801 g/mol. The second-order valence-corrected chi connectivity index (χ2v) is 16.0. The van der Waals surface area contributed by atoms with Gasteiger partial charge in [0.15, 0.2) is 0 Å². The lowest BCUT2D eigenvalue weighted by molar-refractivity contribution is -0.128. The van der Waals surface area contributed by atoms with Crippen molar-refractivity contribution in [2.45, 2.75) is 204 Å². The van der Waals surface area contributed by atoms with Gasteiger partial charge in [-0.2, -0.15) is 0 Å². The van der Waals surface area contributed by atoms with E-state index in [4.69, 9.17) is 4.74 Å². The highest BCUT2D eigenvalue weighted by molar-refractivity contribution is 5.77. The summed E-state index contributed by atoms with van der Waals surface area (Å²) in [6.07, 6.45) is 29.6. The van der Waals surface area contributed by atoms with Crippen LogP contribution in [0.1, 0.15) is 168 Å². The summed E-state index contributed by atoms with van der Waals surface area (Å²) >= 11 is 0. The minimum absolute atomic E-state index is 0.129. The smallest absolute Gasteiger partial charge is 0.226 e. The van der Waals surface area contributed by atoms with Gasteiger partial charge in [0.1, 0.15) is 12.2 Å². The summed E-state index contributed by atoms with van der Waals surface area (Å²) in [6, 6.07) is -0.332. The zero-order valence-electron chi connectivity index (χ0n) is 36.1. The Labute approximate surface area is 345 Å². The van der Waals surface area contributed by atoms with Gasteiger partial charge >= 0.3 is 0 Å². The van der Waals surface area contributed by atoms with Crippen LogP contribution in [-0.4, -0.2) is 94.2 Å². The summed E-state index contributed by atoms with van der Waals surface area (Å²) in [6.45, 7) is 10.4. The Bertz CT molecular complexity index is 1120. The molecule has 0 spiro atoms. The van der Waals surface area contributed by atoms with E-state index < -0.39 is 24.4 Å². The number of nitrogens with one attached hydrogen (secondary N) is 2. The zero-order valence-corrected chi connectivity index (χ0v) is 36.1. The monoisotopic (exact) mass is 801 g/mol. The Morgan fingerprint density at radius 1 is 0.579 bits per heavy atom. The number of unbranched alkanes of at least 4 members (excludes halogenated alkanes) is 14. The molecule has 6 unspecified atom stereocenters. The molecule has 0 bridgehead atoms. The normalized spacial score (nSPS) is 19.1. The van der Waals surface area contributed by atoms with Gasteiger partial charge in [0.25, 0.3) is 0 Å². The quantitative estimate of drug-likeness (QED) is 0.0379. The van der Waals surface area contributed by atoms with E-state index in [1.807, 2.05) is 24.6 Å². The van der Waals surface area contributed by atoms with E-state index >= 15 is 0 Å². The van der Waals surface area contributed by atoms with Gasteiger partial charge in [-0.1, -0.05) is 114 Å². The summed E-state index contributed by atoms with van der Waals surface area (Å²) in [5, 5.41) is 28.0. The number of aliphatic hydroxyl groups is 2. The number of rotatable bonds is 34. The molecular formula is C46H80N4O7. The van der Waals surface area contributed by atoms with Crippen LogP contribution in [0.5, 0.6) is 0 Å². The third-order valence-electron chi connectivity index (χ3n) is 10.7. The summed E-state index contributed by atoms with van der Waals surface area (Å²) in [5.41, 5.74) is 0. The first-order chi connectivity index (χ1) is 27.4. The van der Waals surface area contributed by atoms with Crippen LogP contribution >= 0.6 is 0 Å². The number of carbonyl (C=O) groups is 4. The first-order valence-corrected chi connectivity index (χ1v) is 22.0. The molecule has 1 aliphatic heterocycles. The lowest BCUT2D eigenvalue weighted by atomic mass is 9.95. The summed E-state index contributed by atoms with van der Waals surface area (Å²) < 4.78 is 6.23. The number of amides is 4. The predicted octanol–water partition coefficient (Wildman–Crippen LogP) is 8.16. The standard InChI is InChI=1S/C46H80N4O7/c1-7-9-27-33-49(5)43(53)31-25-21-17-13-11-15-19-23-29-39(47-37(3)51)35-41-45(55)46(56)42(57-41)36-40(48-38(4)52)30-24-20-16-12-14-18-22-26-32-44(54)50(6)34-28-10-8-2/h7-8,27-28,33-34,39-42,45-46,55-56H,1-2,9-26,29-32,35-36H2,3-6H3,(H,47,51)(H,48,52)/b33-27+,34-28+. The fourth-order valence-electron chi connectivity index (χ4n) is 7.45. The molecule has 0 saturated carbocycles. The van der Waals surface area contributed by atoms with Gasteiger partial charge in [-0.15, -0.1) is 13.2 Å². The van der Waals surface area contributed by atoms with Gasteiger partial charge in [-0.25, -0.2) is 0 Å². The average Bonchev–Trinajstić information content (AvgIpc) is 3.42. The van der Waals surface area contributed by atoms with Gasteiger partial charge in [-0.3, -0.25) is 19.2 Å². The van der Waals surface area contributed by atoms with Crippen molar-refractivity contribution in [1.29, 1.82) is 0 Å². The maximum Gasteiger partial charge on any atom is 0.226 e. The van der Waals surface area contributed by atoms with Crippen LogP contribution in [0.2, 0.25) is 0 Å². The molecule has 11 heteroatoms. The predicted molar refractivity (Wildman–Crippen MR) is 231 cm³/mol. The highest BCUT2D eigenvalue weighted by Crippen LogP contribution is 2.29. The maximum absolute atomic E-state index is 12.2. The lowest BCUT2D eigenvalue weighted by Gasteiger charge is -2.24. The molecule has 1 aliphatic rings. The molecule has 0 aromatic heterocycles. The minimum atomic E-state index is -1.06. The van der Waals surface area contributed by atoms with E-state index in [2.05, 4.69) is 23.8 Å².